The van der Waals surface area contributed by atoms with Gasteiger partial charge in [-0.15, -0.1) is 0 Å². The minimum Gasteiger partial charge on any atom is -0.361 e. The van der Waals surface area contributed by atoms with Gasteiger partial charge in [-0.25, -0.2) is 0 Å². The van der Waals surface area contributed by atoms with Gasteiger partial charge in [-0.1, -0.05) is 11.6 Å². The first-order valence-electron chi connectivity index (χ1n) is 7.51. The van der Waals surface area contributed by atoms with E-state index in [0.29, 0.717) is 11.0 Å². The van der Waals surface area contributed by atoms with E-state index in [0.717, 1.165) is 37.2 Å². The summed E-state index contributed by atoms with van der Waals surface area (Å²) in [6.07, 6.45) is 3.68. The van der Waals surface area contributed by atoms with Gasteiger partial charge in [0.25, 0.3) is 5.91 Å². The molecule has 2 heterocycles. The Bertz CT molecular complexity index is 719. The SMILES string of the molecule is Cc1cc(Cl)ccc1N/C=C1\C(=N)N=C(N2CCCC2)NC1=O. The number of aliphatic imine (C=N–C) groups is 1. The number of carbonyl (C=O) groups is 1. The van der Waals surface area contributed by atoms with Crippen LogP contribution in [0.5, 0.6) is 0 Å². The van der Waals surface area contributed by atoms with E-state index in [2.05, 4.69) is 15.6 Å². The molecule has 0 radical (unpaired) electrons. The van der Waals surface area contributed by atoms with Crippen molar-refractivity contribution in [2.24, 2.45) is 4.99 Å². The molecule has 3 rings (SSSR count). The Morgan fingerprint density at radius 2 is 2.13 bits per heavy atom. The summed E-state index contributed by atoms with van der Waals surface area (Å²) in [6.45, 7) is 3.66. The van der Waals surface area contributed by atoms with Gasteiger partial charge in [0, 0.05) is 30.0 Å². The van der Waals surface area contributed by atoms with Crippen molar-refractivity contribution in [1.82, 2.24) is 10.2 Å². The molecule has 2 aliphatic rings. The number of nitrogens with zero attached hydrogens (tertiary/aromatic N) is 2. The zero-order chi connectivity index (χ0) is 16.4. The van der Waals surface area contributed by atoms with Gasteiger partial charge in [0.15, 0.2) is 5.84 Å². The Morgan fingerprint density at radius 3 is 2.78 bits per heavy atom. The fourth-order valence-electron chi connectivity index (χ4n) is 2.62. The first-order chi connectivity index (χ1) is 11.0. The molecule has 1 saturated heterocycles. The zero-order valence-corrected chi connectivity index (χ0v) is 13.6. The normalized spacial score (nSPS) is 19.8. The molecule has 1 amide bonds. The van der Waals surface area contributed by atoms with Crippen LogP contribution in [0.3, 0.4) is 0 Å². The van der Waals surface area contributed by atoms with E-state index in [4.69, 9.17) is 17.0 Å². The Morgan fingerprint density at radius 1 is 1.39 bits per heavy atom. The van der Waals surface area contributed by atoms with Crippen molar-refractivity contribution in [2.45, 2.75) is 19.8 Å². The molecule has 0 aliphatic carbocycles. The number of amidine groups is 1. The molecule has 1 aromatic carbocycles. The number of nitrogens with one attached hydrogen (secondary N) is 3. The van der Waals surface area contributed by atoms with E-state index in [9.17, 15) is 4.79 Å². The van der Waals surface area contributed by atoms with Crippen LogP contribution in [0.1, 0.15) is 18.4 Å². The third-order valence-electron chi connectivity index (χ3n) is 3.91. The van der Waals surface area contributed by atoms with Crippen LogP contribution in [-0.4, -0.2) is 35.7 Å². The number of anilines is 1. The van der Waals surface area contributed by atoms with E-state index in [1.54, 1.807) is 6.07 Å². The standard InChI is InChI=1S/C16H18ClN5O/c1-10-8-11(17)4-5-13(10)19-9-12-14(18)20-16(21-15(12)23)22-6-2-3-7-22/h4-5,8-9,19H,2-3,6-7H2,1H3,(H2,18,20,21,23)/b12-9+. The number of carbonyl (C=O) groups excluding carboxylic acids is 1. The number of likely N-dealkylation sites (tertiary alicyclic amines) is 1. The maximum atomic E-state index is 12.2. The van der Waals surface area contributed by atoms with E-state index < -0.39 is 0 Å². The highest BCUT2D eigenvalue weighted by Gasteiger charge is 2.27. The highest BCUT2D eigenvalue weighted by atomic mass is 35.5. The van der Waals surface area contributed by atoms with Crippen molar-refractivity contribution < 1.29 is 4.79 Å². The third kappa shape index (κ3) is 3.37. The number of rotatable bonds is 2. The van der Waals surface area contributed by atoms with Crippen LogP contribution < -0.4 is 10.6 Å². The van der Waals surface area contributed by atoms with Gasteiger partial charge in [-0.2, -0.15) is 4.99 Å². The van der Waals surface area contributed by atoms with Crippen LogP contribution in [0.15, 0.2) is 35.0 Å². The second-order valence-electron chi connectivity index (χ2n) is 5.59. The van der Waals surface area contributed by atoms with Crippen molar-refractivity contribution in [1.29, 1.82) is 5.41 Å². The molecule has 0 unspecified atom stereocenters. The van der Waals surface area contributed by atoms with E-state index in [1.165, 1.54) is 6.20 Å². The average Bonchev–Trinajstić information content (AvgIpc) is 3.02. The Hall–Kier alpha value is -2.34. The summed E-state index contributed by atoms with van der Waals surface area (Å²) >= 11 is 5.93. The molecule has 3 N–H and O–H groups in total. The summed E-state index contributed by atoms with van der Waals surface area (Å²) in [5.74, 6) is 0.137. The molecule has 6 nitrogen and oxygen atoms in total. The molecule has 0 bridgehead atoms. The number of benzene rings is 1. The Balaban J connectivity index is 1.77. The van der Waals surface area contributed by atoms with Crippen LogP contribution in [0.2, 0.25) is 5.02 Å². The Labute approximate surface area is 139 Å². The minimum absolute atomic E-state index is 0.0326. The van der Waals surface area contributed by atoms with E-state index >= 15 is 0 Å². The number of aryl methyl sites for hydroxylation is 1. The Kier molecular flexibility index (Phi) is 4.34. The lowest BCUT2D eigenvalue weighted by Gasteiger charge is -2.24. The molecule has 120 valence electrons. The lowest BCUT2D eigenvalue weighted by atomic mass is 10.2. The molecular formula is C16H18ClN5O. The second kappa shape index (κ2) is 6.42. The topological polar surface area (TPSA) is 80.6 Å². The molecule has 7 heteroatoms. The van der Waals surface area contributed by atoms with E-state index in [1.807, 2.05) is 24.0 Å². The highest BCUT2D eigenvalue weighted by Crippen LogP contribution is 2.20. The number of hydrogen-bond acceptors (Lipinski definition) is 4. The lowest BCUT2D eigenvalue weighted by molar-refractivity contribution is -0.115. The zero-order valence-electron chi connectivity index (χ0n) is 12.8. The molecule has 0 atom stereocenters. The van der Waals surface area contributed by atoms with Crippen LogP contribution >= 0.6 is 11.6 Å². The van der Waals surface area contributed by atoms with Crippen LogP contribution in [0, 0.1) is 12.3 Å². The predicted octanol–water partition coefficient (Wildman–Crippen LogP) is 2.50. The number of guanidine groups is 1. The van der Waals surface area contributed by atoms with Crippen LogP contribution in [-0.2, 0) is 4.79 Å². The van der Waals surface area contributed by atoms with Crippen molar-refractivity contribution in [3.63, 3.8) is 0 Å². The summed E-state index contributed by atoms with van der Waals surface area (Å²) in [5, 5.41) is 14.5. The largest absolute Gasteiger partial charge is 0.361 e. The maximum Gasteiger partial charge on any atom is 0.263 e. The fourth-order valence-corrected chi connectivity index (χ4v) is 2.85. The molecule has 0 aromatic heterocycles. The van der Waals surface area contributed by atoms with Gasteiger partial charge in [0.2, 0.25) is 5.96 Å². The second-order valence-corrected chi connectivity index (χ2v) is 6.03. The maximum absolute atomic E-state index is 12.2. The molecule has 1 fully saturated rings. The first-order valence-corrected chi connectivity index (χ1v) is 7.89. The van der Waals surface area contributed by atoms with Gasteiger partial charge in [-0.05, 0) is 43.5 Å². The summed E-state index contributed by atoms with van der Waals surface area (Å²) < 4.78 is 0. The summed E-state index contributed by atoms with van der Waals surface area (Å²) in [6, 6.07) is 5.43. The van der Waals surface area contributed by atoms with Crippen LogP contribution in [0.4, 0.5) is 5.69 Å². The minimum atomic E-state index is -0.314. The molecule has 23 heavy (non-hydrogen) atoms. The number of hydrogen-bond donors (Lipinski definition) is 3. The third-order valence-corrected chi connectivity index (χ3v) is 4.14. The van der Waals surface area contributed by atoms with Gasteiger partial charge < -0.3 is 10.2 Å². The van der Waals surface area contributed by atoms with Crippen molar-refractivity contribution in [3.8, 4) is 0 Å². The monoisotopic (exact) mass is 331 g/mol. The molecule has 0 spiro atoms. The lowest BCUT2D eigenvalue weighted by Crippen LogP contribution is -2.47. The van der Waals surface area contributed by atoms with Gasteiger partial charge in [-0.3, -0.25) is 15.5 Å². The van der Waals surface area contributed by atoms with Crippen molar-refractivity contribution in [2.75, 3.05) is 18.4 Å². The summed E-state index contributed by atoms with van der Waals surface area (Å²) in [7, 11) is 0. The smallest absolute Gasteiger partial charge is 0.263 e. The fraction of sp³-hybridized carbons (Fsp3) is 0.312. The quantitative estimate of drug-likeness (QED) is 0.728. The molecular weight excluding hydrogens is 314 g/mol. The highest BCUT2D eigenvalue weighted by molar-refractivity contribution is 6.30. The molecule has 2 aliphatic heterocycles. The average molecular weight is 332 g/mol. The molecule has 1 aromatic rings. The van der Waals surface area contributed by atoms with Crippen molar-refractivity contribution >= 4 is 35.0 Å². The first kappa shape index (κ1) is 15.6. The summed E-state index contributed by atoms with van der Waals surface area (Å²) in [4.78, 5) is 18.5. The predicted molar refractivity (Wildman–Crippen MR) is 92.0 cm³/mol. The van der Waals surface area contributed by atoms with Gasteiger partial charge in [0.05, 0.1) is 5.57 Å². The number of amides is 1. The number of halogens is 1. The van der Waals surface area contributed by atoms with E-state index in [-0.39, 0.29) is 17.3 Å². The van der Waals surface area contributed by atoms with Crippen LogP contribution in [0.25, 0.3) is 0 Å². The van der Waals surface area contributed by atoms with Gasteiger partial charge in [0.1, 0.15) is 0 Å². The van der Waals surface area contributed by atoms with Crippen molar-refractivity contribution in [3.05, 3.63) is 40.6 Å². The summed E-state index contributed by atoms with van der Waals surface area (Å²) in [5.41, 5.74) is 2.00. The molecule has 0 saturated carbocycles. The van der Waals surface area contributed by atoms with Gasteiger partial charge >= 0.3 is 0 Å².